The molecule has 0 bridgehead atoms. The molecule has 1 aromatic heterocycles. The highest BCUT2D eigenvalue weighted by molar-refractivity contribution is 6.30. The van der Waals surface area contributed by atoms with Crippen molar-refractivity contribution in [1.29, 1.82) is 0 Å². The van der Waals surface area contributed by atoms with Crippen LogP contribution in [0.25, 0.3) is 0 Å². The van der Waals surface area contributed by atoms with Crippen LogP contribution >= 0.6 is 11.6 Å². The molecule has 3 nitrogen and oxygen atoms in total. The zero-order chi connectivity index (χ0) is 15.4. The minimum atomic E-state index is 0.173. The van der Waals surface area contributed by atoms with Crippen molar-refractivity contribution in [2.45, 2.75) is 19.4 Å². The zero-order valence-corrected chi connectivity index (χ0v) is 13.7. The number of hydrogen-bond donors (Lipinski definition) is 1. The Bertz CT molecular complexity index is 606. The number of rotatable bonds is 4. The van der Waals surface area contributed by atoms with E-state index in [0.717, 1.165) is 43.3 Å². The minimum absolute atomic E-state index is 0.173. The molecule has 2 heterocycles. The molecule has 0 saturated carbocycles. The lowest BCUT2D eigenvalue weighted by atomic mass is 10.00. The molecule has 22 heavy (non-hydrogen) atoms. The number of hydrogen-bond acceptors (Lipinski definition) is 3. The quantitative estimate of drug-likeness (QED) is 0.938. The largest absolute Gasteiger partial charge is 0.314 e. The van der Waals surface area contributed by atoms with E-state index in [1.165, 1.54) is 11.1 Å². The van der Waals surface area contributed by atoms with Gasteiger partial charge in [0, 0.05) is 37.4 Å². The molecule has 4 heteroatoms. The summed E-state index contributed by atoms with van der Waals surface area (Å²) in [5.41, 5.74) is 3.58. The van der Waals surface area contributed by atoms with E-state index in [0.29, 0.717) is 0 Å². The van der Waals surface area contributed by atoms with E-state index >= 15 is 0 Å². The van der Waals surface area contributed by atoms with Gasteiger partial charge in [-0.2, -0.15) is 0 Å². The van der Waals surface area contributed by atoms with E-state index in [9.17, 15) is 0 Å². The van der Waals surface area contributed by atoms with Crippen LogP contribution in [-0.4, -0.2) is 36.1 Å². The maximum atomic E-state index is 6.21. The third-order valence-corrected chi connectivity index (χ3v) is 4.45. The molecule has 1 aliphatic rings. The number of nitrogens with zero attached hydrogens (tertiary/aromatic N) is 2. The highest BCUT2D eigenvalue weighted by Gasteiger charge is 2.25. The Kier molecular flexibility index (Phi) is 5.08. The second-order valence-corrected chi connectivity index (χ2v) is 6.12. The Morgan fingerprint density at radius 3 is 2.68 bits per heavy atom. The van der Waals surface area contributed by atoms with Crippen LogP contribution in [0, 0.1) is 0 Å². The van der Waals surface area contributed by atoms with Gasteiger partial charge in [-0.1, -0.05) is 36.7 Å². The predicted molar refractivity (Wildman–Crippen MR) is 91.4 cm³/mol. The molecule has 1 fully saturated rings. The van der Waals surface area contributed by atoms with Crippen LogP contribution < -0.4 is 5.32 Å². The van der Waals surface area contributed by atoms with Crippen LogP contribution in [0.15, 0.2) is 42.6 Å². The minimum Gasteiger partial charge on any atom is -0.314 e. The molecule has 1 aliphatic heterocycles. The van der Waals surface area contributed by atoms with Crippen molar-refractivity contribution in [3.63, 3.8) is 0 Å². The van der Waals surface area contributed by atoms with E-state index in [1.54, 1.807) is 0 Å². The fourth-order valence-electron chi connectivity index (χ4n) is 2.99. The number of aryl methyl sites for hydroxylation is 1. The van der Waals surface area contributed by atoms with Gasteiger partial charge in [0.15, 0.2) is 0 Å². The average Bonchev–Trinajstić information content (AvgIpc) is 2.57. The average molecular weight is 316 g/mol. The number of halogens is 1. The topological polar surface area (TPSA) is 28.2 Å². The lowest BCUT2D eigenvalue weighted by Gasteiger charge is -2.35. The maximum absolute atomic E-state index is 6.21. The monoisotopic (exact) mass is 315 g/mol. The molecule has 3 rings (SSSR count). The predicted octanol–water partition coefficient (Wildman–Crippen LogP) is 3.29. The second-order valence-electron chi connectivity index (χ2n) is 5.69. The Labute approximate surface area is 137 Å². The molecule has 1 atom stereocenters. The van der Waals surface area contributed by atoms with Gasteiger partial charge in [0.25, 0.3) is 0 Å². The first-order valence-corrected chi connectivity index (χ1v) is 8.31. The lowest BCUT2D eigenvalue weighted by Crippen LogP contribution is -2.45. The Morgan fingerprint density at radius 2 is 2.05 bits per heavy atom. The van der Waals surface area contributed by atoms with E-state index in [1.807, 2.05) is 18.3 Å². The molecule has 0 radical (unpaired) electrons. The molecule has 0 spiro atoms. The van der Waals surface area contributed by atoms with Crippen LogP contribution in [-0.2, 0) is 6.42 Å². The van der Waals surface area contributed by atoms with Crippen LogP contribution in [0.3, 0.4) is 0 Å². The molecule has 0 aliphatic carbocycles. The van der Waals surface area contributed by atoms with Crippen LogP contribution in [0.1, 0.15) is 29.8 Å². The summed E-state index contributed by atoms with van der Waals surface area (Å²) < 4.78 is 0. The van der Waals surface area contributed by atoms with Crippen LogP contribution in [0.5, 0.6) is 0 Å². The second kappa shape index (κ2) is 7.23. The molecule has 0 amide bonds. The maximum Gasteiger partial charge on any atom is 0.0777 e. The van der Waals surface area contributed by atoms with Crippen molar-refractivity contribution in [2.75, 3.05) is 26.2 Å². The van der Waals surface area contributed by atoms with E-state index in [2.05, 4.69) is 41.4 Å². The number of pyridine rings is 1. The summed E-state index contributed by atoms with van der Waals surface area (Å²) in [6, 6.07) is 12.7. The van der Waals surface area contributed by atoms with Crippen molar-refractivity contribution < 1.29 is 0 Å². The summed E-state index contributed by atoms with van der Waals surface area (Å²) in [5.74, 6) is 0. The van der Waals surface area contributed by atoms with Gasteiger partial charge in [-0.15, -0.1) is 0 Å². The van der Waals surface area contributed by atoms with Gasteiger partial charge in [-0.05, 0) is 35.7 Å². The fourth-order valence-corrected chi connectivity index (χ4v) is 3.19. The normalized spacial score (nSPS) is 17.4. The van der Waals surface area contributed by atoms with Gasteiger partial charge in [0.05, 0.1) is 11.7 Å². The van der Waals surface area contributed by atoms with Gasteiger partial charge in [0.2, 0.25) is 0 Å². The summed E-state index contributed by atoms with van der Waals surface area (Å²) in [6.07, 6.45) is 3.01. The summed E-state index contributed by atoms with van der Waals surface area (Å²) in [4.78, 5) is 7.21. The summed E-state index contributed by atoms with van der Waals surface area (Å²) in [7, 11) is 0. The van der Waals surface area contributed by atoms with Gasteiger partial charge >= 0.3 is 0 Å². The molecule has 1 N–H and O–H groups in total. The van der Waals surface area contributed by atoms with Crippen LogP contribution in [0.2, 0.25) is 5.02 Å². The van der Waals surface area contributed by atoms with Gasteiger partial charge in [-0.25, -0.2) is 0 Å². The Balaban J connectivity index is 1.97. The number of benzene rings is 1. The third kappa shape index (κ3) is 3.49. The van der Waals surface area contributed by atoms with Gasteiger partial charge in [0.1, 0.15) is 0 Å². The number of nitrogens with one attached hydrogen (secondary N) is 1. The van der Waals surface area contributed by atoms with Crippen molar-refractivity contribution in [3.8, 4) is 0 Å². The summed E-state index contributed by atoms with van der Waals surface area (Å²) >= 11 is 6.21. The van der Waals surface area contributed by atoms with Crippen molar-refractivity contribution in [1.82, 2.24) is 15.2 Å². The Morgan fingerprint density at radius 1 is 1.23 bits per heavy atom. The number of aromatic nitrogens is 1. The molecule has 1 saturated heterocycles. The first kappa shape index (κ1) is 15.5. The number of piperazine rings is 1. The highest BCUT2D eigenvalue weighted by Crippen LogP contribution is 2.29. The molecule has 2 aromatic rings. The molecular weight excluding hydrogens is 294 g/mol. The van der Waals surface area contributed by atoms with Crippen LogP contribution in [0.4, 0.5) is 0 Å². The van der Waals surface area contributed by atoms with Gasteiger partial charge < -0.3 is 5.32 Å². The smallest absolute Gasteiger partial charge is 0.0777 e. The van der Waals surface area contributed by atoms with Gasteiger partial charge in [-0.3, -0.25) is 9.88 Å². The zero-order valence-electron chi connectivity index (χ0n) is 12.9. The SMILES string of the molecule is CCc1ccc(C(c2cccc(Cl)c2)N2CCNCC2)nc1. The van der Waals surface area contributed by atoms with Crippen molar-refractivity contribution in [2.24, 2.45) is 0 Å². The molecular formula is C18H22ClN3. The summed E-state index contributed by atoms with van der Waals surface area (Å²) in [6.45, 7) is 6.23. The first-order chi connectivity index (χ1) is 10.8. The van der Waals surface area contributed by atoms with Crippen molar-refractivity contribution >= 4 is 11.6 Å². The van der Waals surface area contributed by atoms with E-state index in [-0.39, 0.29) is 6.04 Å². The highest BCUT2D eigenvalue weighted by atomic mass is 35.5. The first-order valence-electron chi connectivity index (χ1n) is 7.93. The summed E-state index contributed by atoms with van der Waals surface area (Å²) in [5, 5.41) is 4.19. The third-order valence-electron chi connectivity index (χ3n) is 4.22. The lowest BCUT2D eigenvalue weighted by molar-refractivity contribution is 0.195. The van der Waals surface area contributed by atoms with E-state index < -0.39 is 0 Å². The standard InChI is InChI=1S/C18H22ClN3/c1-2-14-6-7-17(21-13-14)18(22-10-8-20-9-11-22)15-4-3-5-16(19)12-15/h3-7,12-13,18,20H,2,8-11H2,1H3. The fraction of sp³-hybridized carbons (Fsp3) is 0.389. The molecule has 1 aromatic carbocycles. The molecule has 1 unspecified atom stereocenters. The molecule has 116 valence electrons. The Hall–Kier alpha value is -1.42. The van der Waals surface area contributed by atoms with Crippen molar-refractivity contribution in [3.05, 3.63) is 64.4 Å². The van der Waals surface area contributed by atoms with E-state index in [4.69, 9.17) is 16.6 Å².